The molecule has 1 saturated carbocycles. The van der Waals surface area contributed by atoms with Crippen molar-refractivity contribution < 1.29 is 0 Å². The summed E-state index contributed by atoms with van der Waals surface area (Å²) in [4.78, 5) is 9.40. The van der Waals surface area contributed by atoms with Crippen molar-refractivity contribution in [1.82, 2.24) is 9.97 Å². The molecule has 3 rings (SSSR count). The molecular formula is C29H44N2. The summed E-state index contributed by atoms with van der Waals surface area (Å²) < 4.78 is 0. The number of aryl methyl sites for hydroxylation is 2. The van der Waals surface area contributed by atoms with E-state index in [4.69, 9.17) is 9.97 Å². The molecule has 1 heterocycles. The zero-order valence-corrected chi connectivity index (χ0v) is 20.3. The van der Waals surface area contributed by atoms with Crippen molar-refractivity contribution >= 4 is 0 Å². The number of aromatic nitrogens is 2. The van der Waals surface area contributed by atoms with E-state index < -0.39 is 0 Å². The minimum absolute atomic E-state index is 0.742. The summed E-state index contributed by atoms with van der Waals surface area (Å²) in [5, 5.41) is 0. The minimum atomic E-state index is 0.742. The average molecular weight is 421 g/mol. The molecule has 170 valence electrons. The van der Waals surface area contributed by atoms with Gasteiger partial charge in [0, 0.05) is 18.0 Å². The second-order valence-electron chi connectivity index (χ2n) is 9.87. The van der Waals surface area contributed by atoms with Gasteiger partial charge in [-0.2, -0.15) is 0 Å². The van der Waals surface area contributed by atoms with Gasteiger partial charge in [0.25, 0.3) is 0 Å². The SMILES string of the molecule is CCCCCCCc1cnc(-c2ccc([C@H]3CC[C@H](CCCCC)CC3)cc2C)nc1. The molecule has 2 nitrogen and oxygen atoms in total. The topological polar surface area (TPSA) is 25.8 Å². The zero-order chi connectivity index (χ0) is 21.9. The Kier molecular flexibility index (Phi) is 10.0. The summed E-state index contributed by atoms with van der Waals surface area (Å²) in [5.41, 5.74) is 5.29. The molecule has 31 heavy (non-hydrogen) atoms. The molecule has 0 aliphatic heterocycles. The molecule has 0 spiro atoms. The molecular weight excluding hydrogens is 376 g/mol. The number of unbranched alkanes of at least 4 members (excludes halogenated alkanes) is 6. The maximum atomic E-state index is 4.70. The van der Waals surface area contributed by atoms with Gasteiger partial charge in [0.1, 0.15) is 0 Å². The monoisotopic (exact) mass is 420 g/mol. The second-order valence-corrected chi connectivity index (χ2v) is 9.87. The van der Waals surface area contributed by atoms with Gasteiger partial charge in [0.2, 0.25) is 0 Å². The first-order valence-electron chi connectivity index (χ1n) is 13.1. The maximum absolute atomic E-state index is 4.70. The van der Waals surface area contributed by atoms with Crippen LogP contribution in [0.1, 0.15) is 120 Å². The molecule has 0 atom stereocenters. The highest BCUT2D eigenvalue weighted by Crippen LogP contribution is 2.38. The van der Waals surface area contributed by atoms with Gasteiger partial charge in [0.15, 0.2) is 5.82 Å². The Bertz CT molecular complexity index is 757. The van der Waals surface area contributed by atoms with Crippen molar-refractivity contribution in [2.45, 2.75) is 117 Å². The van der Waals surface area contributed by atoms with Crippen LogP contribution < -0.4 is 0 Å². The van der Waals surface area contributed by atoms with Crippen molar-refractivity contribution in [2.24, 2.45) is 5.92 Å². The van der Waals surface area contributed by atoms with E-state index in [1.165, 1.54) is 106 Å². The Hall–Kier alpha value is -1.70. The van der Waals surface area contributed by atoms with Crippen LogP contribution in [0.4, 0.5) is 0 Å². The molecule has 0 saturated heterocycles. The van der Waals surface area contributed by atoms with E-state index in [2.05, 4.69) is 39.0 Å². The third kappa shape index (κ3) is 7.44. The van der Waals surface area contributed by atoms with E-state index in [0.717, 1.165) is 24.1 Å². The standard InChI is InChI=1S/C29H44N2/c1-4-6-8-9-11-13-25-21-30-29(31-22-25)28-19-18-27(20-23(28)3)26-16-14-24(15-17-26)12-10-7-5-2/h18-22,24,26H,4-17H2,1-3H3/t24-,26-. The first-order chi connectivity index (χ1) is 15.2. The number of nitrogens with zero attached hydrogens (tertiary/aromatic N) is 2. The summed E-state index contributed by atoms with van der Waals surface area (Å²) >= 11 is 0. The van der Waals surface area contributed by atoms with Gasteiger partial charge in [-0.15, -0.1) is 0 Å². The molecule has 2 heteroatoms. The first-order valence-corrected chi connectivity index (χ1v) is 13.1. The molecule has 1 aromatic heterocycles. The fourth-order valence-corrected chi connectivity index (χ4v) is 5.21. The molecule has 0 bridgehead atoms. The van der Waals surface area contributed by atoms with Gasteiger partial charge in [-0.3, -0.25) is 0 Å². The molecule has 0 N–H and O–H groups in total. The highest BCUT2D eigenvalue weighted by molar-refractivity contribution is 5.60. The predicted molar refractivity (Wildman–Crippen MR) is 134 cm³/mol. The van der Waals surface area contributed by atoms with Crippen LogP contribution in [0.25, 0.3) is 11.4 Å². The first kappa shape index (κ1) is 24.0. The lowest BCUT2D eigenvalue weighted by Crippen LogP contribution is -2.13. The Morgan fingerprint density at radius 2 is 1.48 bits per heavy atom. The van der Waals surface area contributed by atoms with Gasteiger partial charge >= 0.3 is 0 Å². The maximum Gasteiger partial charge on any atom is 0.159 e. The van der Waals surface area contributed by atoms with Crippen molar-refractivity contribution in [1.29, 1.82) is 0 Å². The van der Waals surface area contributed by atoms with Gasteiger partial charge in [0.05, 0.1) is 0 Å². The van der Waals surface area contributed by atoms with E-state index in [9.17, 15) is 0 Å². The van der Waals surface area contributed by atoms with Crippen molar-refractivity contribution in [3.63, 3.8) is 0 Å². The lowest BCUT2D eigenvalue weighted by molar-refractivity contribution is 0.303. The number of rotatable bonds is 12. The van der Waals surface area contributed by atoms with Crippen LogP contribution in [0.2, 0.25) is 0 Å². The van der Waals surface area contributed by atoms with E-state index in [0.29, 0.717) is 0 Å². The largest absolute Gasteiger partial charge is 0.236 e. The van der Waals surface area contributed by atoms with Crippen molar-refractivity contribution in [3.05, 3.63) is 47.3 Å². The van der Waals surface area contributed by atoms with Crippen LogP contribution >= 0.6 is 0 Å². The summed E-state index contributed by atoms with van der Waals surface area (Å²) in [6, 6.07) is 7.01. The molecule has 1 aliphatic carbocycles. The van der Waals surface area contributed by atoms with Gasteiger partial charge in [-0.1, -0.05) is 83.4 Å². The average Bonchev–Trinajstić information content (AvgIpc) is 2.80. The number of hydrogen-bond donors (Lipinski definition) is 0. The molecule has 0 radical (unpaired) electrons. The Labute approximate surface area is 191 Å². The van der Waals surface area contributed by atoms with Crippen molar-refractivity contribution in [2.75, 3.05) is 0 Å². The fourth-order valence-electron chi connectivity index (χ4n) is 5.21. The van der Waals surface area contributed by atoms with Crippen molar-refractivity contribution in [3.8, 4) is 11.4 Å². The third-order valence-corrected chi connectivity index (χ3v) is 7.30. The van der Waals surface area contributed by atoms with Crippen LogP contribution in [-0.4, -0.2) is 9.97 Å². The second kappa shape index (κ2) is 13.0. The van der Waals surface area contributed by atoms with E-state index in [-0.39, 0.29) is 0 Å². The third-order valence-electron chi connectivity index (χ3n) is 7.30. The summed E-state index contributed by atoms with van der Waals surface area (Å²) in [7, 11) is 0. The highest BCUT2D eigenvalue weighted by atomic mass is 14.9. The molecule has 0 amide bonds. The highest BCUT2D eigenvalue weighted by Gasteiger charge is 2.22. The van der Waals surface area contributed by atoms with Gasteiger partial charge in [-0.25, -0.2) is 9.97 Å². The van der Waals surface area contributed by atoms with Crippen LogP contribution in [0.15, 0.2) is 30.6 Å². The summed E-state index contributed by atoms with van der Waals surface area (Å²) in [6.07, 6.45) is 22.9. The normalized spacial score (nSPS) is 18.9. The Balaban J connectivity index is 1.52. The van der Waals surface area contributed by atoms with Gasteiger partial charge < -0.3 is 0 Å². The number of hydrogen-bond acceptors (Lipinski definition) is 2. The summed E-state index contributed by atoms with van der Waals surface area (Å²) in [6.45, 7) is 6.79. The quantitative estimate of drug-likeness (QED) is 0.320. The predicted octanol–water partition coefficient (Wildman–Crippen LogP) is 8.82. The number of benzene rings is 1. The Morgan fingerprint density at radius 3 is 2.16 bits per heavy atom. The van der Waals surface area contributed by atoms with Crippen LogP contribution in [0.5, 0.6) is 0 Å². The molecule has 2 aromatic rings. The Morgan fingerprint density at radius 1 is 0.806 bits per heavy atom. The lowest BCUT2D eigenvalue weighted by Gasteiger charge is -2.29. The molecule has 1 aliphatic rings. The zero-order valence-electron chi connectivity index (χ0n) is 20.3. The smallest absolute Gasteiger partial charge is 0.159 e. The molecule has 1 fully saturated rings. The van der Waals surface area contributed by atoms with E-state index in [1.54, 1.807) is 0 Å². The van der Waals surface area contributed by atoms with Crippen LogP contribution in [-0.2, 0) is 6.42 Å². The van der Waals surface area contributed by atoms with Crippen LogP contribution in [0.3, 0.4) is 0 Å². The molecule has 1 aromatic carbocycles. The van der Waals surface area contributed by atoms with E-state index >= 15 is 0 Å². The van der Waals surface area contributed by atoms with E-state index in [1.807, 2.05) is 12.4 Å². The fraction of sp³-hybridized carbons (Fsp3) is 0.655. The molecule has 0 unspecified atom stereocenters. The summed E-state index contributed by atoms with van der Waals surface area (Å²) in [5.74, 6) is 2.59. The van der Waals surface area contributed by atoms with Gasteiger partial charge in [-0.05, 0) is 74.0 Å². The minimum Gasteiger partial charge on any atom is -0.236 e. The van der Waals surface area contributed by atoms with Crippen LogP contribution in [0, 0.1) is 12.8 Å². The lowest BCUT2D eigenvalue weighted by atomic mass is 9.76.